The van der Waals surface area contributed by atoms with Gasteiger partial charge in [0.1, 0.15) is 5.82 Å². The van der Waals surface area contributed by atoms with E-state index in [2.05, 4.69) is 76.8 Å². The Balaban J connectivity index is 1.47. The van der Waals surface area contributed by atoms with Gasteiger partial charge in [0.05, 0.1) is 17.0 Å². The van der Waals surface area contributed by atoms with Gasteiger partial charge in [-0.05, 0) is 36.2 Å². The summed E-state index contributed by atoms with van der Waals surface area (Å²) in [4.78, 5) is 27.0. The zero-order valence-electron chi connectivity index (χ0n) is 16.2. The van der Waals surface area contributed by atoms with Crippen molar-refractivity contribution in [2.75, 3.05) is 6.54 Å². The van der Waals surface area contributed by atoms with Crippen LogP contribution >= 0.6 is 31.9 Å². The maximum atomic E-state index is 12.5. The maximum Gasteiger partial charge on any atom is 0.255 e. The molecule has 0 spiro atoms. The van der Waals surface area contributed by atoms with Gasteiger partial charge in [0.2, 0.25) is 0 Å². The van der Waals surface area contributed by atoms with Gasteiger partial charge < -0.3 is 4.98 Å². The second kappa shape index (κ2) is 8.90. The van der Waals surface area contributed by atoms with Crippen molar-refractivity contribution >= 4 is 31.9 Å². The smallest absolute Gasteiger partial charge is 0.255 e. The molecule has 0 bridgehead atoms. The van der Waals surface area contributed by atoms with E-state index in [0.29, 0.717) is 6.54 Å². The van der Waals surface area contributed by atoms with Gasteiger partial charge in [-0.15, -0.1) is 0 Å². The van der Waals surface area contributed by atoms with Gasteiger partial charge in [-0.2, -0.15) is 0 Å². The summed E-state index contributed by atoms with van der Waals surface area (Å²) in [6, 6.07) is 10.3. The molecule has 1 N–H and O–H groups in total. The molecule has 3 heterocycles. The fourth-order valence-electron chi connectivity index (χ4n) is 3.67. The Labute approximate surface area is 186 Å². The number of benzene rings is 1. The molecule has 0 amide bonds. The van der Waals surface area contributed by atoms with Gasteiger partial charge in [-0.25, -0.2) is 4.98 Å². The number of fused-ring (bicyclic) bond motifs is 1. The topological polar surface area (TPSA) is 61.9 Å². The molecule has 0 fully saturated rings. The first-order chi connectivity index (χ1) is 14.0. The van der Waals surface area contributed by atoms with Crippen molar-refractivity contribution in [3.63, 3.8) is 0 Å². The van der Waals surface area contributed by atoms with Crippen LogP contribution in [0.25, 0.3) is 11.3 Å². The Morgan fingerprint density at radius 3 is 2.66 bits per heavy atom. The van der Waals surface area contributed by atoms with Crippen LogP contribution < -0.4 is 5.56 Å². The van der Waals surface area contributed by atoms with E-state index in [1.165, 1.54) is 0 Å². The molecule has 0 atom stereocenters. The minimum Gasteiger partial charge on any atom is -0.310 e. The first-order valence-corrected chi connectivity index (χ1v) is 11.3. The van der Waals surface area contributed by atoms with E-state index >= 15 is 0 Å². The highest BCUT2D eigenvalue weighted by atomic mass is 79.9. The average molecular weight is 518 g/mol. The van der Waals surface area contributed by atoms with Crippen LogP contribution in [-0.4, -0.2) is 26.4 Å². The van der Waals surface area contributed by atoms with Gasteiger partial charge in [0, 0.05) is 53.2 Å². The van der Waals surface area contributed by atoms with Crippen molar-refractivity contribution in [2.24, 2.45) is 0 Å². The van der Waals surface area contributed by atoms with Crippen molar-refractivity contribution < 1.29 is 0 Å². The van der Waals surface area contributed by atoms with Gasteiger partial charge in [-0.3, -0.25) is 14.7 Å². The molecule has 0 radical (unpaired) electrons. The normalized spacial score (nSPS) is 14.0. The zero-order chi connectivity index (χ0) is 20.4. The molecular formula is C22H22Br2N4O. The summed E-state index contributed by atoms with van der Waals surface area (Å²) in [6.07, 6.45) is 4.53. The highest BCUT2D eigenvalue weighted by molar-refractivity contribution is 9.11. The predicted molar refractivity (Wildman–Crippen MR) is 122 cm³/mol. The third-order valence-corrected chi connectivity index (χ3v) is 5.99. The van der Waals surface area contributed by atoms with Crippen molar-refractivity contribution in [3.8, 4) is 11.3 Å². The largest absolute Gasteiger partial charge is 0.310 e. The summed E-state index contributed by atoms with van der Waals surface area (Å²) in [5.74, 6) is 0.809. The minimum atomic E-state index is 0.0110. The summed E-state index contributed by atoms with van der Waals surface area (Å²) in [5, 5.41) is 0. The van der Waals surface area contributed by atoms with Gasteiger partial charge in [0.25, 0.3) is 5.56 Å². The summed E-state index contributed by atoms with van der Waals surface area (Å²) >= 11 is 7.05. The second-order valence-corrected chi connectivity index (χ2v) is 9.19. The van der Waals surface area contributed by atoms with E-state index in [0.717, 1.165) is 75.2 Å². The highest BCUT2D eigenvalue weighted by Crippen LogP contribution is 2.27. The number of halogens is 2. The molecule has 29 heavy (non-hydrogen) atoms. The molecule has 150 valence electrons. The number of nitrogens with zero attached hydrogens (tertiary/aromatic N) is 3. The maximum absolute atomic E-state index is 12.5. The zero-order valence-corrected chi connectivity index (χ0v) is 19.4. The molecule has 7 heteroatoms. The number of hydrogen-bond acceptors (Lipinski definition) is 4. The first kappa shape index (κ1) is 20.4. The van der Waals surface area contributed by atoms with Gasteiger partial charge in [0.15, 0.2) is 0 Å². The molecule has 1 aromatic carbocycles. The molecule has 2 aromatic heterocycles. The summed E-state index contributed by atoms with van der Waals surface area (Å²) in [6.45, 7) is 4.39. The average Bonchev–Trinajstić information content (AvgIpc) is 2.69. The first-order valence-electron chi connectivity index (χ1n) is 9.76. The van der Waals surface area contributed by atoms with Gasteiger partial charge >= 0.3 is 0 Å². The Morgan fingerprint density at radius 1 is 1.17 bits per heavy atom. The number of nitrogens with one attached hydrogen (secondary N) is 1. The lowest BCUT2D eigenvalue weighted by molar-refractivity contribution is 0.241. The number of aromatic amines is 1. The summed E-state index contributed by atoms with van der Waals surface area (Å²) in [7, 11) is 0. The van der Waals surface area contributed by atoms with Crippen LogP contribution in [-0.2, 0) is 25.9 Å². The number of pyridine rings is 1. The number of aromatic nitrogens is 3. The summed E-state index contributed by atoms with van der Waals surface area (Å²) < 4.78 is 2.03. The second-order valence-electron chi connectivity index (χ2n) is 7.36. The van der Waals surface area contributed by atoms with E-state index in [9.17, 15) is 4.79 Å². The molecule has 0 aliphatic carbocycles. The van der Waals surface area contributed by atoms with Crippen molar-refractivity contribution in [3.05, 3.63) is 78.5 Å². The fraction of sp³-hybridized carbons (Fsp3) is 0.318. The quantitative estimate of drug-likeness (QED) is 0.524. The molecule has 0 unspecified atom stereocenters. The molecule has 3 aromatic rings. The molecule has 0 saturated heterocycles. The molecule has 4 rings (SSSR count). The molecule has 1 aliphatic heterocycles. The Kier molecular flexibility index (Phi) is 6.27. The molecule has 1 aliphatic rings. The SMILES string of the molecule is CCCc1nc2c(c(=O)[nH]1)CN(Cc1ccc(-c3cc(Br)cc(Br)c3)nc1)CC2. The Hall–Kier alpha value is -1.83. The third-order valence-electron chi connectivity index (χ3n) is 5.07. The van der Waals surface area contributed by atoms with Crippen LogP contribution in [0.15, 0.2) is 50.3 Å². The lowest BCUT2D eigenvalue weighted by Crippen LogP contribution is -2.35. The Bertz CT molecular complexity index is 1060. The van der Waals surface area contributed by atoms with E-state index in [1.54, 1.807) is 0 Å². The standard InChI is InChI=1S/C22H22Br2N4O/c1-2-3-21-26-20-6-7-28(13-18(20)22(29)27-21)12-14-4-5-19(25-11-14)15-8-16(23)10-17(24)9-15/h4-5,8-11H,2-3,6-7,12-13H2,1H3,(H,26,27,29). The van der Waals surface area contributed by atoms with Gasteiger partial charge in [-0.1, -0.05) is 44.8 Å². The third kappa shape index (κ3) is 4.85. The van der Waals surface area contributed by atoms with Crippen molar-refractivity contribution in [1.29, 1.82) is 0 Å². The van der Waals surface area contributed by atoms with E-state index in [-0.39, 0.29) is 5.56 Å². The molecule has 5 nitrogen and oxygen atoms in total. The number of rotatable bonds is 5. The molecular weight excluding hydrogens is 496 g/mol. The van der Waals surface area contributed by atoms with E-state index < -0.39 is 0 Å². The molecule has 0 saturated carbocycles. The van der Waals surface area contributed by atoms with Crippen LogP contribution in [0.1, 0.15) is 36.0 Å². The van der Waals surface area contributed by atoms with Crippen LogP contribution in [0.2, 0.25) is 0 Å². The minimum absolute atomic E-state index is 0.0110. The van der Waals surface area contributed by atoms with Crippen LogP contribution in [0.4, 0.5) is 0 Å². The summed E-state index contributed by atoms with van der Waals surface area (Å²) in [5.41, 5.74) is 4.91. The highest BCUT2D eigenvalue weighted by Gasteiger charge is 2.21. The lowest BCUT2D eigenvalue weighted by atomic mass is 10.1. The van der Waals surface area contributed by atoms with E-state index in [4.69, 9.17) is 0 Å². The number of H-pyrrole nitrogens is 1. The predicted octanol–water partition coefficient (Wildman–Crippen LogP) is 4.87. The van der Waals surface area contributed by atoms with Crippen molar-refractivity contribution in [2.45, 2.75) is 39.3 Å². The van der Waals surface area contributed by atoms with E-state index in [1.807, 2.05) is 18.3 Å². The number of hydrogen-bond donors (Lipinski definition) is 1. The lowest BCUT2D eigenvalue weighted by Gasteiger charge is -2.27. The van der Waals surface area contributed by atoms with Crippen LogP contribution in [0.3, 0.4) is 0 Å². The number of aryl methyl sites for hydroxylation is 1. The van der Waals surface area contributed by atoms with Crippen LogP contribution in [0, 0.1) is 0 Å². The van der Waals surface area contributed by atoms with Crippen LogP contribution in [0.5, 0.6) is 0 Å². The monoisotopic (exact) mass is 516 g/mol. The Morgan fingerprint density at radius 2 is 1.97 bits per heavy atom. The van der Waals surface area contributed by atoms with Crippen molar-refractivity contribution in [1.82, 2.24) is 19.9 Å². The fourth-order valence-corrected chi connectivity index (χ4v) is 4.96.